The molecule has 0 aliphatic heterocycles. The molecule has 3 aromatic carbocycles. The number of nitrogens with zero attached hydrogens (tertiary/aromatic N) is 1. The summed E-state index contributed by atoms with van der Waals surface area (Å²) in [4.78, 5) is 4.50. The minimum Gasteiger partial charge on any atom is -0.390 e. The lowest BCUT2D eigenvalue weighted by molar-refractivity contribution is -0.00153. The summed E-state index contributed by atoms with van der Waals surface area (Å²) in [6, 6.07) is 36.4. The maximum absolute atomic E-state index is 9.42. The zero-order chi connectivity index (χ0) is 19.9. The van der Waals surface area contributed by atoms with E-state index in [1.54, 1.807) is 0 Å². The molecule has 0 spiro atoms. The van der Waals surface area contributed by atoms with Crippen molar-refractivity contribution in [3.05, 3.63) is 137 Å². The molecule has 0 amide bonds. The van der Waals surface area contributed by atoms with E-state index >= 15 is 0 Å². The van der Waals surface area contributed by atoms with Crippen molar-refractivity contribution in [1.29, 1.82) is 0 Å². The zero-order valence-corrected chi connectivity index (χ0v) is 16.1. The average molecular weight is 381 g/mol. The van der Waals surface area contributed by atoms with E-state index in [1.807, 2.05) is 72.8 Å². The van der Waals surface area contributed by atoms with E-state index in [0.717, 1.165) is 22.4 Å². The minimum absolute atomic E-state index is 0.0883. The molecule has 0 aliphatic carbocycles. The summed E-state index contributed by atoms with van der Waals surface area (Å²) in [6.07, 6.45) is 0. The van der Waals surface area contributed by atoms with Gasteiger partial charge in [-0.05, 0) is 28.8 Å². The highest BCUT2D eigenvalue weighted by atomic mass is 16.5. The Bertz CT molecular complexity index is 937. The van der Waals surface area contributed by atoms with Crippen LogP contribution in [0.5, 0.6) is 0 Å². The van der Waals surface area contributed by atoms with E-state index in [9.17, 15) is 5.11 Å². The van der Waals surface area contributed by atoms with Crippen molar-refractivity contribution in [2.75, 3.05) is 0 Å². The molecule has 29 heavy (non-hydrogen) atoms. The third-order valence-corrected chi connectivity index (χ3v) is 5.00. The SMILES string of the molecule is OCc1cccc(COC(c2ccccc2)(c2ccccc2)c2ccccc2)n1. The number of ether oxygens (including phenoxy) is 1. The van der Waals surface area contributed by atoms with Gasteiger partial charge in [-0.25, -0.2) is 0 Å². The molecule has 4 rings (SSSR count). The van der Waals surface area contributed by atoms with Gasteiger partial charge in [-0.15, -0.1) is 0 Å². The molecule has 0 saturated carbocycles. The van der Waals surface area contributed by atoms with Gasteiger partial charge in [-0.1, -0.05) is 97.1 Å². The smallest absolute Gasteiger partial charge is 0.144 e. The quantitative estimate of drug-likeness (QED) is 0.454. The first-order valence-corrected chi connectivity index (χ1v) is 9.69. The first kappa shape index (κ1) is 19.1. The van der Waals surface area contributed by atoms with Crippen LogP contribution in [0.1, 0.15) is 28.1 Å². The van der Waals surface area contributed by atoms with Crippen LogP contribution in [0.4, 0.5) is 0 Å². The molecule has 0 unspecified atom stereocenters. The second-order valence-corrected chi connectivity index (χ2v) is 6.85. The van der Waals surface area contributed by atoms with Gasteiger partial charge >= 0.3 is 0 Å². The van der Waals surface area contributed by atoms with Gasteiger partial charge in [-0.3, -0.25) is 4.98 Å². The largest absolute Gasteiger partial charge is 0.390 e. The first-order chi connectivity index (χ1) is 14.3. The van der Waals surface area contributed by atoms with E-state index < -0.39 is 5.60 Å². The zero-order valence-electron chi connectivity index (χ0n) is 16.1. The highest BCUT2D eigenvalue weighted by Gasteiger charge is 2.37. The van der Waals surface area contributed by atoms with Crippen LogP contribution in [-0.4, -0.2) is 10.1 Å². The predicted molar refractivity (Wildman–Crippen MR) is 114 cm³/mol. The summed E-state index contributed by atoms with van der Waals surface area (Å²) in [5.41, 5.74) is 3.79. The van der Waals surface area contributed by atoms with E-state index in [2.05, 4.69) is 41.4 Å². The highest BCUT2D eigenvalue weighted by Crippen LogP contribution is 2.40. The van der Waals surface area contributed by atoms with Gasteiger partial charge in [0.1, 0.15) is 5.60 Å². The maximum Gasteiger partial charge on any atom is 0.144 e. The van der Waals surface area contributed by atoms with Crippen LogP contribution in [0.15, 0.2) is 109 Å². The van der Waals surface area contributed by atoms with Crippen molar-refractivity contribution in [3.63, 3.8) is 0 Å². The molecule has 144 valence electrons. The monoisotopic (exact) mass is 381 g/mol. The summed E-state index contributed by atoms with van der Waals surface area (Å²) in [7, 11) is 0. The first-order valence-electron chi connectivity index (χ1n) is 9.69. The number of benzene rings is 3. The van der Waals surface area contributed by atoms with Crippen molar-refractivity contribution >= 4 is 0 Å². The lowest BCUT2D eigenvalue weighted by Crippen LogP contribution is -2.33. The van der Waals surface area contributed by atoms with Crippen LogP contribution in [-0.2, 0) is 23.6 Å². The third kappa shape index (κ3) is 3.97. The van der Waals surface area contributed by atoms with Crippen LogP contribution >= 0.6 is 0 Å². The van der Waals surface area contributed by atoms with Gasteiger partial charge < -0.3 is 9.84 Å². The Labute approximate surface area is 171 Å². The normalized spacial score (nSPS) is 11.3. The maximum atomic E-state index is 9.42. The summed E-state index contributed by atoms with van der Waals surface area (Å²) in [5, 5.41) is 9.42. The van der Waals surface area contributed by atoms with Crippen molar-refractivity contribution in [2.45, 2.75) is 18.8 Å². The fourth-order valence-corrected chi connectivity index (χ4v) is 3.65. The Kier molecular flexibility index (Phi) is 5.80. The number of hydrogen-bond acceptors (Lipinski definition) is 3. The molecule has 0 bridgehead atoms. The molecule has 3 heteroatoms. The second kappa shape index (κ2) is 8.82. The Balaban J connectivity index is 1.85. The number of hydrogen-bond donors (Lipinski definition) is 1. The highest BCUT2D eigenvalue weighted by molar-refractivity contribution is 5.47. The second-order valence-electron chi connectivity index (χ2n) is 6.85. The van der Waals surface area contributed by atoms with Crippen LogP contribution in [0, 0.1) is 0 Å². The molecular formula is C26H23NO2. The topological polar surface area (TPSA) is 42.4 Å². The summed E-state index contributed by atoms with van der Waals surface area (Å²) >= 11 is 0. The molecule has 0 fully saturated rings. The van der Waals surface area contributed by atoms with Gasteiger partial charge in [0.05, 0.1) is 24.6 Å². The number of aliphatic hydroxyl groups excluding tert-OH is 1. The number of aromatic nitrogens is 1. The standard InChI is InChI=1S/C26H23NO2/c28-19-24-17-10-18-25(27-24)20-29-26(21-11-4-1-5-12-21,22-13-6-2-7-14-22)23-15-8-3-9-16-23/h1-18,28H,19-20H2. The fraction of sp³-hybridized carbons (Fsp3) is 0.115. The third-order valence-electron chi connectivity index (χ3n) is 5.00. The Morgan fingerprint density at radius 1 is 0.586 bits per heavy atom. The van der Waals surface area contributed by atoms with Crippen LogP contribution in [0.3, 0.4) is 0 Å². The van der Waals surface area contributed by atoms with Gasteiger partial charge in [-0.2, -0.15) is 0 Å². The van der Waals surface area contributed by atoms with Crippen LogP contribution in [0.25, 0.3) is 0 Å². The Morgan fingerprint density at radius 2 is 1.03 bits per heavy atom. The molecule has 0 aliphatic rings. The van der Waals surface area contributed by atoms with Gasteiger partial charge in [0.15, 0.2) is 0 Å². The van der Waals surface area contributed by atoms with Crippen LogP contribution in [0.2, 0.25) is 0 Å². The molecule has 0 radical (unpaired) electrons. The molecule has 4 aromatic rings. The molecule has 0 saturated heterocycles. The molecule has 1 aromatic heterocycles. The summed E-state index contributed by atoms with van der Waals surface area (Å²) < 4.78 is 6.73. The molecule has 1 N–H and O–H groups in total. The summed E-state index contributed by atoms with van der Waals surface area (Å²) in [5.74, 6) is 0. The van der Waals surface area contributed by atoms with Crippen molar-refractivity contribution in [2.24, 2.45) is 0 Å². The Hall–Kier alpha value is -3.27. The van der Waals surface area contributed by atoms with Gasteiger partial charge in [0, 0.05) is 0 Å². The predicted octanol–water partition coefficient (Wildman–Crippen LogP) is 5.08. The molecular weight excluding hydrogens is 358 g/mol. The van der Waals surface area contributed by atoms with E-state index in [4.69, 9.17) is 4.74 Å². The number of rotatable bonds is 7. The summed E-state index contributed by atoms with van der Waals surface area (Å²) in [6.45, 7) is 0.224. The van der Waals surface area contributed by atoms with E-state index in [1.165, 1.54) is 0 Å². The Morgan fingerprint density at radius 3 is 1.48 bits per heavy atom. The fourth-order valence-electron chi connectivity index (χ4n) is 3.65. The van der Waals surface area contributed by atoms with E-state index in [0.29, 0.717) is 12.3 Å². The minimum atomic E-state index is -0.777. The number of pyridine rings is 1. The molecule has 1 heterocycles. The number of aliphatic hydroxyl groups is 1. The van der Waals surface area contributed by atoms with Gasteiger partial charge in [0.25, 0.3) is 0 Å². The van der Waals surface area contributed by atoms with Crippen molar-refractivity contribution < 1.29 is 9.84 Å². The average Bonchev–Trinajstić information content (AvgIpc) is 2.82. The van der Waals surface area contributed by atoms with Crippen molar-refractivity contribution in [3.8, 4) is 0 Å². The van der Waals surface area contributed by atoms with E-state index in [-0.39, 0.29) is 6.61 Å². The van der Waals surface area contributed by atoms with Crippen LogP contribution < -0.4 is 0 Å². The van der Waals surface area contributed by atoms with Gasteiger partial charge in [0.2, 0.25) is 0 Å². The lowest BCUT2D eigenvalue weighted by atomic mass is 9.80. The van der Waals surface area contributed by atoms with Crippen molar-refractivity contribution in [1.82, 2.24) is 4.98 Å². The lowest BCUT2D eigenvalue weighted by Gasteiger charge is -2.36. The molecule has 3 nitrogen and oxygen atoms in total. The molecule has 0 atom stereocenters.